The average molecular weight is 201 g/mol. The Balaban J connectivity index is 2.76. The molecular weight excluding hydrogens is 192 g/mol. The Hall–Kier alpha value is -1.85. The lowest BCUT2D eigenvalue weighted by molar-refractivity contribution is 0.317. The van der Waals surface area contributed by atoms with Crippen molar-refractivity contribution in [2.75, 3.05) is 11.9 Å². The van der Waals surface area contributed by atoms with Crippen molar-refractivity contribution >= 4 is 11.5 Å². The van der Waals surface area contributed by atoms with Crippen LogP contribution in [0.2, 0.25) is 0 Å². The number of oxime groups is 1. The van der Waals surface area contributed by atoms with E-state index in [2.05, 4.69) is 10.5 Å². The maximum atomic E-state index is 13.0. The summed E-state index contributed by atoms with van der Waals surface area (Å²) in [7, 11) is 0. The normalized spacial score (nSPS) is 11.4. The first-order valence-corrected chi connectivity index (χ1v) is 3.79. The average Bonchev–Trinajstić information content (AvgIpc) is 2.16. The molecule has 0 fully saturated rings. The number of anilines is 1. The summed E-state index contributed by atoms with van der Waals surface area (Å²) in [4.78, 5) is 0. The number of hydrogen-bond acceptors (Lipinski definition) is 3. The molecule has 76 valence electrons. The quantitative estimate of drug-likeness (QED) is 0.297. The summed E-state index contributed by atoms with van der Waals surface area (Å²) in [6, 6.07) is 3.47. The van der Waals surface area contributed by atoms with Gasteiger partial charge in [0.05, 0.1) is 6.54 Å². The van der Waals surface area contributed by atoms with Gasteiger partial charge in [-0.1, -0.05) is 11.2 Å². The molecule has 0 aliphatic rings. The zero-order valence-electron chi connectivity index (χ0n) is 7.17. The smallest absolute Gasteiger partial charge is 0.158 e. The molecule has 1 rings (SSSR count). The number of amidine groups is 1. The largest absolute Gasteiger partial charge is 0.409 e. The first kappa shape index (κ1) is 10.2. The third-order valence-corrected chi connectivity index (χ3v) is 1.54. The highest BCUT2D eigenvalue weighted by atomic mass is 19.1. The van der Waals surface area contributed by atoms with Crippen LogP contribution in [0.15, 0.2) is 23.4 Å². The van der Waals surface area contributed by atoms with Crippen LogP contribution in [0.25, 0.3) is 0 Å². The van der Waals surface area contributed by atoms with Crippen LogP contribution in [0.5, 0.6) is 0 Å². The topological polar surface area (TPSA) is 70.6 Å². The zero-order chi connectivity index (χ0) is 10.6. The predicted molar refractivity (Wildman–Crippen MR) is 48.3 cm³/mol. The molecule has 0 spiro atoms. The summed E-state index contributed by atoms with van der Waals surface area (Å²) in [6.07, 6.45) is 0. The summed E-state index contributed by atoms with van der Waals surface area (Å²) in [5, 5.41) is 13.2. The minimum absolute atomic E-state index is 0.131. The summed E-state index contributed by atoms with van der Waals surface area (Å²) in [5.74, 6) is -1.61. The summed E-state index contributed by atoms with van der Waals surface area (Å²) in [5.41, 5.74) is 4.82. The van der Waals surface area contributed by atoms with Gasteiger partial charge < -0.3 is 16.3 Å². The summed E-state index contributed by atoms with van der Waals surface area (Å²) >= 11 is 0. The van der Waals surface area contributed by atoms with E-state index in [1.807, 2.05) is 0 Å². The van der Waals surface area contributed by atoms with Crippen molar-refractivity contribution in [2.24, 2.45) is 10.9 Å². The van der Waals surface area contributed by atoms with Crippen molar-refractivity contribution in [1.82, 2.24) is 0 Å². The van der Waals surface area contributed by atoms with E-state index < -0.39 is 11.6 Å². The van der Waals surface area contributed by atoms with Crippen molar-refractivity contribution in [1.29, 1.82) is 0 Å². The van der Waals surface area contributed by atoms with Gasteiger partial charge in [0.25, 0.3) is 0 Å². The highest BCUT2D eigenvalue weighted by Gasteiger charge is 2.07. The molecule has 0 unspecified atom stereocenters. The van der Waals surface area contributed by atoms with E-state index in [1.54, 1.807) is 0 Å². The first-order valence-electron chi connectivity index (χ1n) is 3.79. The van der Waals surface area contributed by atoms with Gasteiger partial charge in [-0.05, 0) is 12.1 Å². The molecule has 0 bridgehead atoms. The van der Waals surface area contributed by atoms with E-state index in [4.69, 9.17) is 10.9 Å². The number of para-hydroxylation sites is 1. The molecule has 0 radical (unpaired) electrons. The summed E-state index contributed by atoms with van der Waals surface area (Å²) < 4.78 is 25.9. The number of hydrogen-bond donors (Lipinski definition) is 3. The highest BCUT2D eigenvalue weighted by molar-refractivity contribution is 5.84. The van der Waals surface area contributed by atoms with Crippen molar-refractivity contribution in [2.45, 2.75) is 0 Å². The maximum absolute atomic E-state index is 13.0. The maximum Gasteiger partial charge on any atom is 0.158 e. The molecule has 0 amide bonds. The third-order valence-electron chi connectivity index (χ3n) is 1.54. The van der Waals surface area contributed by atoms with E-state index in [9.17, 15) is 8.78 Å². The van der Waals surface area contributed by atoms with Crippen LogP contribution in [0, 0.1) is 11.6 Å². The molecule has 0 atom stereocenters. The second kappa shape index (κ2) is 4.40. The van der Waals surface area contributed by atoms with Crippen LogP contribution in [0.3, 0.4) is 0 Å². The van der Waals surface area contributed by atoms with E-state index >= 15 is 0 Å². The Morgan fingerprint density at radius 2 is 2.00 bits per heavy atom. The molecule has 0 saturated carbocycles. The van der Waals surface area contributed by atoms with E-state index in [0.29, 0.717) is 0 Å². The molecule has 0 aromatic heterocycles. The standard InChI is InChI=1S/C8H9F2N3O/c9-5-2-1-3-6(10)8(5)12-4-7(11)13-14/h1-3,12,14H,4H2,(H2,11,13). The van der Waals surface area contributed by atoms with E-state index in [-0.39, 0.29) is 18.1 Å². The van der Waals surface area contributed by atoms with Crippen LogP contribution in [-0.2, 0) is 0 Å². The molecule has 14 heavy (non-hydrogen) atoms. The van der Waals surface area contributed by atoms with Gasteiger partial charge in [-0.15, -0.1) is 0 Å². The van der Waals surface area contributed by atoms with Crippen molar-refractivity contribution in [3.05, 3.63) is 29.8 Å². The van der Waals surface area contributed by atoms with Gasteiger partial charge in [-0.3, -0.25) is 0 Å². The fraction of sp³-hybridized carbons (Fsp3) is 0.125. The Bertz CT molecular complexity index is 334. The van der Waals surface area contributed by atoms with Gasteiger partial charge in [0.15, 0.2) is 5.84 Å². The summed E-state index contributed by atoms with van der Waals surface area (Å²) in [6.45, 7) is -0.131. The fourth-order valence-electron chi connectivity index (χ4n) is 0.881. The number of rotatable bonds is 3. The number of nitrogens with zero attached hydrogens (tertiary/aromatic N) is 1. The Morgan fingerprint density at radius 1 is 1.43 bits per heavy atom. The van der Waals surface area contributed by atoms with E-state index in [0.717, 1.165) is 12.1 Å². The van der Waals surface area contributed by atoms with Gasteiger partial charge in [0.2, 0.25) is 0 Å². The van der Waals surface area contributed by atoms with Gasteiger partial charge in [-0.2, -0.15) is 0 Å². The van der Waals surface area contributed by atoms with Gasteiger partial charge >= 0.3 is 0 Å². The van der Waals surface area contributed by atoms with Crippen LogP contribution < -0.4 is 11.1 Å². The number of halogens is 2. The molecule has 0 heterocycles. The Morgan fingerprint density at radius 3 is 2.50 bits per heavy atom. The van der Waals surface area contributed by atoms with Gasteiger partial charge in [0.1, 0.15) is 17.3 Å². The number of benzene rings is 1. The highest BCUT2D eigenvalue weighted by Crippen LogP contribution is 2.17. The van der Waals surface area contributed by atoms with Crippen molar-refractivity contribution in [3.63, 3.8) is 0 Å². The molecule has 0 saturated heterocycles. The molecule has 1 aromatic rings. The number of nitrogens with two attached hydrogens (primary N) is 1. The lowest BCUT2D eigenvalue weighted by atomic mass is 10.3. The number of nitrogens with one attached hydrogen (secondary N) is 1. The minimum atomic E-state index is -0.726. The molecule has 6 heteroatoms. The molecule has 4 nitrogen and oxygen atoms in total. The Kier molecular flexibility index (Phi) is 3.22. The van der Waals surface area contributed by atoms with Crippen LogP contribution >= 0.6 is 0 Å². The van der Waals surface area contributed by atoms with Crippen LogP contribution in [0.1, 0.15) is 0 Å². The third kappa shape index (κ3) is 2.32. The molecular formula is C8H9F2N3O. The lowest BCUT2D eigenvalue weighted by Gasteiger charge is -2.06. The van der Waals surface area contributed by atoms with Crippen molar-refractivity contribution in [3.8, 4) is 0 Å². The zero-order valence-corrected chi connectivity index (χ0v) is 7.17. The van der Waals surface area contributed by atoms with Crippen LogP contribution in [0.4, 0.5) is 14.5 Å². The molecule has 4 N–H and O–H groups in total. The first-order chi connectivity index (χ1) is 6.65. The van der Waals surface area contributed by atoms with Gasteiger partial charge in [-0.25, -0.2) is 8.78 Å². The molecule has 0 aliphatic heterocycles. The minimum Gasteiger partial charge on any atom is -0.409 e. The Labute approximate surface area is 79.0 Å². The second-order valence-corrected chi connectivity index (χ2v) is 2.54. The monoisotopic (exact) mass is 201 g/mol. The lowest BCUT2D eigenvalue weighted by Crippen LogP contribution is -2.23. The van der Waals surface area contributed by atoms with Crippen molar-refractivity contribution < 1.29 is 14.0 Å². The SMILES string of the molecule is NC(CNc1c(F)cccc1F)=NO. The predicted octanol–water partition coefficient (Wildman–Crippen LogP) is 1.12. The fourth-order valence-corrected chi connectivity index (χ4v) is 0.881. The van der Waals surface area contributed by atoms with Gasteiger partial charge in [0, 0.05) is 0 Å². The molecule has 1 aromatic carbocycles. The van der Waals surface area contributed by atoms with Crippen LogP contribution in [-0.4, -0.2) is 17.6 Å². The molecule has 0 aliphatic carbocycles. The van der Waals surface area contributed by atoms with E-state index in [1.165, 1.54) is 6.07 Å². The second-order valence-electron chi connectivity index (χ2n) is 2.54.